The van der Waals surface area contributed by atoms with E-state index in [0.29, 0.717) is 11.3 Å². The first-order valence-electron chi connectivity index (χ1n) is 6.85. The molecule has 1 heterocycles. The Morgan fingerprint density at radius 2 is 1.86 bits per heavy atom. The summed E-state index contributed by atoms with van der Waals surface area (Å²) in [6.07, 6.45) is 1.75. The van der Waals surface area contributed by atoms with Crippen LogP contribution < -0.4 is 4.74 Å². The summed E-state index contributed by atoms with van der Waals surface area (Å²) in [6, 6.07) is 15.1. The number of carbonyl (C=O) groups excluding carboxylic acids is 1. The van der Waals surface area contributed by atoms with Crippen LogP contribution in [0.3, 0.4) is 0 Å². The Kier molecular flexibility index (Phi) is 3.74. The van der Waals surface area contributed by atoms with E-state index in [2.05, 4.69) is 4.98 Å². The van der Waals surface area contributed by atoms with Gasteiger partial charge in [0.1, 0.15) is 5.75 Å². The van der Waals surface area contributed by atoms with Crippen LogP contribution in [0.15, 0.2) is 54.7 Å². The van der Waals surface area contributed by atoms with Crippen molar-refractivity contribution in [2.75, 3.05) is 14.2 Å². The number of hydrogen-bond donors (Lipinski definition) is 0. The van der Waals surface area contributed by atoms with E-state index in [1.165, 1.54) is 7.11 Å². The van der Waals surface area contributed by atoms with Gasteiger partial charge in [-0.15, -0.1) is 0 Å². The molecule has 0 bridgehead atoms. The van der Waals surface area contributed by atoms with Crippen LogP contribution in [0.2, 0.25) is 0 Å². The van der Waals surface area contributed by atoms with Crippen molar-refractivity contribution in [2.24, 2.45) is 0 Å². The summed E-state index contributed by atoms with van der Waals surface area (Å²) in [7, 11) is 2.96. The van der Waals surface area contributed by atoms with Gasteiger partial charge in [-0.3, -0.25) is 4.98 Å². The summed E-state index contributed by atoms with van der Waals surface area (Å²) in [5.41, 5.74) is 2.01. The average molecular weight is 293 g/mol. The van der Waals surface area contributed by atoms with E-state index in [4.69, 9.17) is 9.47 Å². The van der Waals surface area contributed by atoms with Crippen molar-refractivity contribution in [3.63, 3.8) is 0 Å². The lowest BCUT2D eigenvalue weighted by atomic mass is 10.0. The molecule has 0 spiro atoms. The van der Waals surface area contributed by atoms with Crippen molar-refractivity contribution < 1.29 is 14.3 Å². The number of pyridine rings is 1. The highest BCUT2D eigenvalue weighted by atomic mass is 16.5. The van der Waals surface area contributed by atoms with E-state index in [-0.39, 0.29) is 5.97 Å². The Balaban J connectivity index is 2.27. The second-order valence-electron chi connectivity index (χ2n) is 4.79. The van der Waals surface area contributed by atoms with E-state index < -0.39 is 0 Å². The highest BCUT2D eigenvalue weighted by molar-refractivity contribution is 5.98. The van der Waals surface area contributed by atoms with E-state index in [1.807, 2.05) is 30.3 Å². The van der Waals surface area contributed by atoms with Crippen LogP contribution in [0.25, 0.3) is 22.0 Å². The van der Waals surface area contributed by atoms with Crippen LogP contribution in [0, 0.1) is 0 Å². The van der Waals surface area contributed by atoms with Crippen molar-refractivity contribution in [3.8, 4) is 17.0 Å². The second-order valence-corrected chi connectivity index (χ2v) is 4.79. The first-order valence-corrected chi connectivity index (χ1v) is 6.85. The maximum Gasteiger partial charge on any atom is 0.337 e. The summed E-state index contributed by atoms with van der Waals surface area (Å²) < 4.78 is 10.2. The SMILES string of the molecule is COC(=O)c1ccc(OC)c(-c2nccc3ccccc23)c1. The normalized spacial score (nSPS) is 10.5. The molecule has 3 aromatic rings. The van der Waals surface area contributed by atoms with E-state index in [1.54, 1.807) is 31.5 Å². The molecule has 4 nitrogen and oxygen atoms in total. The average Bonchev–Trinajstić information content (AvgIpc) is 2.60. The molecule has 110 valence electrons. The molecule has 0 aliphatic carbocycles. The summed E-state index contributed by atoms with van der Waals surface area (Å²) >= 11 is 0. The summed E-state index contributed by atoms with van der Waals surface area (Å²) in [5, 5.41) is 2.09. The van der Waals surface area contributed by atoms with Gasteiger partial charge in [-0.25, -0.2) is 4.79 Å². The van der Waals surface area contributed by atoms with Crippen LogP contribution in [-0.2, 0) is 4.74 Å². The summed E-state index contributed by atoms with van der Waals surface area (Å²) in [6.45, 7) is 0. The Hall–Kier alpha value is -2.88. The smallest absolute Gasteiger partial charge is 0.337 e. The predicted molar refractivity (Wildman–Crippen MR) is 85.1 cm³/mol. The highest BCUT2D eigenvalue weighted by Crippen LogP contribution is 2.34. The Morgan fingerprint density at radius 3 is 2.64 bits per heavy atom. The standard InChI is InChI=1S/C18H15NO3/c1-21-16-8-7-13(18(20)22-2)11-15(16)17-14-6-4-3-5-12(14)9-10-19-17/h3-11H,1-2H3. The maximum atomic E-state index is 11.8. The number of fused-ring (bicyclic) bond motifs is 1. The van der Waals surface area contributed by atoms with Crippen molar-refractivity contribution in [2.45, 2.75) is 0 Å². The maximum absolute atomic E-state index is 11.8. The molecule has 2 aromatic carbocycles. The molecule has 22 heavy (non-hydrogen) atoms. The van der Waals surface area contributed by atoms with E-state index in [0.717, 1.165) is 22.0 Å². The number of nitrogens with zero attached hydrogens (tertiary/aromatic N) is 1. The highest BCUT2D eigenvalue weighted by Gasteiger charge is 2.14. The van der Waals surface area contributed by atoms with E-state index in [9.17, 15) is 4.79 Å². The fraction of sp³-hybridized carbons (Fsp3) is 0.111. The molecule has 0 saturated heterocycles. The molecule has 0 aliphatic rings. The molecular formula is C18H15NO3. The number of rotatable bonds is 3. The monoisotopic (exact) mass is 293 g/mol. The van der Waals surface area contributed by atoms with Crippen LogP contribution in [0.1, 0.15) is 10.4 Å². The van der Waals surface area contributed by atoms with Gasteiger partial charge in [-0.1, -0.05) is 24.3 Å². The zero-order chi connectivity index (χ0) is 15.5. The van der Waals surface area contributed by atoms with Crippen LogP contribution in [0.5, 0.6) is 5.75 Å². The van der Waals surface area contributed by atoms with Gasteiger partial charge >= 0.3 is 5.97 Å². The zero-order valence-corrected chi connectivity index (χ0v) is 12.4. The summed E-state index contributed by atoms with van der Waals surface area (Å²) in [4.78, 5) is 16.3. The largest absolute Gasteiger partial charge is 0.496 e. The summed E-state index contributed by atoms with van der Waals surface area (Å²) in [5.74, 6) is 0.278. The Bertz CT molecular complexity index is 837. The quantitative estimate of drug-likeness (QED) is 0.691. The first-order chi connectivity index (χ1) is 10.7. The van der Waals surface area contributed by atoms with Gasteiger partial charge in [0.25, 0.3) is 0 Å². The number of benzene rings is 2. The third kappa shape index (κ3) is 2.39. The van der Waals surface area contributed by atoms with Crippen molar-refractivity contribution >= 4 is 16.7 Å². The Labute approximate surface area is 128 Å². The molecular weight excluding hydrogens is 278 g/mol. The van der Waals surface area contributed by atoms with Gasteiger partial charge in [-0.05, 0) is 29.7 Å². The molecule has 0 saturated carbocycles. The number of methoxy groups -OCH3 is 2. The fourth-order valence-electron chi connectivity index (χ4n) is 2.47. The van der Waals surface area contributed by atoms with Gasteiger partial charge < -0.3 is 9.47 Å². The molecule has 0 radical (unpaired) electrons. The molecule has 3 rings (SSSR count). The molecule has 1 aromatic heterocycles. The van der Waals surface area contributed by atoms with Crippen LogP contribution in [-0.4, -0.2) is 25.2 Å². The zero-order valence-electron chi connectivity index (χ0n) is 12.4. The lowest BCUT2D eigenvalue weighted by Gasteiger charge is -2.11. The number of esters is 1. The van der Waals surface area contributed by atoms with Gasteiger partial charge in [0, 0.05) is 17.1 Å². The molecule has 0 aliphatic heterocycles. The van der Waals surface area contributed by atoms with Gasteiger partial charge in [0.05, 0.1) is 25.5 Å². The lowest BCUT2D eigenvalue weighted by molar-refractivity contribution is 0.0601. The fourth-order valence-corrected chi connectivity index (χ4v) is 2.47. The van der Waals surface area contributed by atoms with Gasteiger partial charge in [0.2, 0.25) is 0 Å². The second kappa shape index (κ2) is 5.85. The van der Waals surface area contributed by atoms with Crippen LogP contribution in [0.4, 0.5) is 0 Å². The van der Waals surface area contributed by atoms with Crippen molar-refractivity contribution in [1.82, 2.24) is 4.98 Å². The number of aromatic nitrogens is 1. The van der Waals surface area contributed by atoms with Crippen molar-refractivity contribution in [3.05, 3.63) is 60.3 Å². The lowest BCUT2D eigenvalue weighted by Crippen LogP contribution is -2.02. The van der Waals surface area contributed by atoms with Gasteiger partial charge in [0.15, 0.2) is 0 Å². The first kappa shape index (κ1) is 14.1. The molecule has 0 unspecified atom stereocenters. The Morgan fingerprint density at radius 1 is 1.05 bits per heavy atom. The number of hydrogen-bond acceptors (Lipinski definition) is 4. The molecule has 0 fully saturated rings. The van der Waals surface area contributed by atoms with E-state index >= 15 is 0 Å². The third-order valence-electron chi connectivity index (χ3n) is 3.55. The minimum atomic E-state index is -0.385. The minimum Gasteiger partial charge on any atom is -0.496 e. The molecule has 4 heteroatoms. The minimum absolute atomic E-state index is 0.385. The van der Waals surface area contributed by atoms with Crippen molar-refractivity contribution in [1.29, 1.82) is 0 Å². The van der Waals surface area contributed by atoms with Gasteiger partial charge in [-0.2, -0.15) is 0 Å². The number of carbonyl (C=O) groups is 1. The third-order valence-corrected chi connectivity index (χ3v) is 3.55. The topological polar surface area (TPSA) is 48.4 Å². The molecule has 0 atom stereocenters. The number of ether oxygens (including phenoxy) is 2. The van der Waals surface area contributed by atoms with Crippen LogP contribution >= 0.6 is 0 Å². The predicted octanol–water partition coefficient (Wildman–Crippen LogP) is 3.70. The molecule has 0 amide bonds. The molecule has 0 N–H and O–H groups in total.